The van der Waals surface area contributed by atoms with Crippen molar-refractivity contribution in [2.75, 3.05) is 33.3 Å². The van der Waals surface area contributed by atoms with E-state index in [1.807, 2.05) is 0 Å². The molecule has 0 aliphatic carbocycles. The third kappa shape index (κ3) is 3.70. The molecule has 1 heterocycles. The number of amides is 1. The molecule has 0 radical (unpaired) electrons. The van der Waals surface area contributed by atoms with Gasteiger partial charge in [-0.1, -0.05) is 11.6 Å². The Morgan fingerprint density at radius 2 is 2.22 bits per heavy atom. The second-order valence-corrected chi connectivity index (χ2v) is 4.91. The average molecular weight is 269 g/mol. The highest BCUT2D eigenvalue weighted by Gasteiger charge is 2.18. The lowest BCUT2D eigenvalue weighted by Gasteiger charge is -2.30. The SMILES string of the molecule is CN1CCOC(CNC(=O)c2ccc(Cl)cc2)C1. The highest BCUT2D eigenvalue weighted by atomic mass is 35.5. The van der Waals surface area contributed by atoms with Crippen molar-refractivity contribution in [3.05, 3.63) is 34.9 Å². The van der Waals surface area contributed by atoms with Gasteiger partial charge in [0.15, 0.2) is 0 Å². The fraction of sp³-hybridized carbons (Fsp3) is 0.462. The summed E-state index contributed by atoms with van der Waals surface area (Å²) in [5, 5.41) is 3.50. The van der Waals surface area contributed by atoms with Crippen LogP contribution < -0.4 is 5.32 Å². The van der Waals surface area contributed by atoms with Crippen LogP contribution >= 0.6 is 11.6 Å². The van der Waals surface area contributed by atoms with Gasteiger partial charge < -0.3 is 15.0 Å². The number of likely N-dealkylation sites (N-methyl/N-ethyl adjacent to an activating group) is 1. The molecular weight excluding hydrogens is 252 g/mol. The summed E-state index contributed by atoms with van der Waals surface area (Å²) in [6, 6.07) is 6.85. The van der Waals surface area contributed by atoms with E-state index in [0.29, 0.717) is 17.1 Å². The molecule has 1 aromatic carbocycles. The first-order chi connectivity index (χ1) is 8.65. The number of carbonyl (C=O) groups is 1. The summed E-state index contributed by atoms with van der Waals surface area (Å²) >= 11 is 5.77. The van der Waals surface area contributed by atoms with Gasteiger partial charge in [0, 0.05) is 30.2 Å². The van der Waals surface area contributed by atoms with Gasteiger partial charge in [0.05, 0.1) is 12.7 Å². The molecule has 1 saturated heterocycles. The monoisotopic (exact) mass is 268 g/mol. The van der Waals surface area contributed by atoms with Crippen LogP contribution in [0.5, 0.6) is 0 Å². The molecule has 1 aromatic rings. The number of rotatable bonds is 3. The molecule has 1 aliphatic rings. The first-order valence-corrected chi connectivity index (χ1v) is 6.37. The highest BCUT2D eigenvalue weighted by Crippen LogP contribution is 2.09. The van der Waals surface area contributed by atoms with Crippen molar-refractivity contribution in [1.82, 2.24) is 10.2 Å². The Morgan fingerprint density at radius 1 is 1.50 bits per heavy atom. The highest BCUT2D eigenvalue weighted by molar-refractivity contribution is 6.30. The lowest BCUT2D eigenvalue weighted by Crippen LogP contribution is -2.45. The van der Waals surface area contributed by atoms with Gasteiger partial charge >= 0.3 is 0 Å². The lowest BCUT2D eigenvalue weighted by atomic mass is 10.2. The number of hydrogen-bond donors (Lipinski definition) is 1. The summed E-state index contributed by atoms with van der Waals surface area (Å²) in [5.74, 6) is -0.0940. The van der Waals surface area contributed by atoms with Crippen LogP contribution in [-0.4, -0.2) is 50.2 Å². The van der Waals surface area contributed by atoms with Crippen LogP contribution in [0.4, 0.5) is 0 Å². The van der Waals surface area contributed by atoms with Crippen LogP contribution in [0.15, 0.2) is 24.3 Å². The largest absolute Gasteiger partial charge is 0.374 e. The molecule has 1 N–H and O–H groups in total. The minimum Gasteiger partial charge on any atom is -0.374 e. The van der Waals surface area contributed by atoms with Crippen LogP contribution in [0.1, 0.15) is 10.4 Å². The number of nitrogens with zero attached hydrogens (tertiary/aromatic N) is 1. The first-order valence-electron chi connectivity index (χ1n) is 5.99. The normalized spacial score (nSPS) is 20.7. The van der Waals surface area contributed by atoms with Gasteiger partial charge in [0.25, 0.3) is 5.91 Å². The molecule has 1 unspecified atom stereocenters. The maximum absolute atomic E-state index is 11.9. The van der Waals surface area contributed by atoms with Gasteiger partial charge in [-0.05, 0) is 31.3 Å². The molecule has 18 heavy (non-hydrogen) atoms. The fourth-order valence-corrected chi connectivity index (χ4v) is 2.03. The lowest BCUT2D eigenvalue weighted by molar-refractivity contribution is -0.0175. The predicted molar refractivity (Wildman–Crippen MR) is 71.0 cm³/mol. The number of hydrogen-bond acceptors (Lipinski definition) is 3. The summed E-state index contributed by atoms with van der Waals surface area (Å²) in [6.45, 7) is 3.05. The fourth-order valence-electron chi connectivity index (χ4n) is 1.90. The summed E-state index contributed by atoms with van der Waals surface area (Å²) < 4.78 is 5.58. The first kappa shape index (κ1) is 13.3. The minimum absolute atomic E-state index is 0.0694. The average Bonchev–Trinajstić information content (AvgIpc) is 2.37. The van der Waals surface area contributed by atoms with Gasteiger partial charge in [-0.25, -0.2) is 0 Å². The van der Waals surface area contributed by atoms with Crippen molar-refractivity contribution in [2.45, 2.75) is 6.10 Å². The Kier molecular flexibility index (Phi) is 4.58. The summed E-state index contributed by atoms with van der Waals surface area (Å²) in [4.78, 5) is 14.1. The van der Waals surface area contributed by atoms with Crippen molar-refractivity contribution in [3.63, 3.8) is 0 Å². The van der Waals surface area contributed by atoms with Crippen molar-refractivity contribution in [3.8, 4) is 0 Å². The second kappa shape index (κ2) is 6.18. The van der Waals surface area contributed by atoms with Crippen LogP contribution in [0.2, 0.25) is 5.02 Å². The number of nitrogens with one attached hydrogen (secondary N) is 1. The minimum atomic E-state index is -0.0940. The molecule has 5 heteroatoms. The third-order valence-electron chi connectivity index (χ3n) is 2.94. The molecule has 98 valence electrons. The molecule has 0 bridgehead atoms. The maximum Gasteiger partial charge on any atom is 0.251 e. The zero-order chi connectivity index (χ0) is 13.0. The van der Waals surface area contributed by atoms with E-state index < -0.39 is 0 Å². The van der Waals surface area contributed by atoms with Crippen molar-refractivity contribution < 1.29 is 9.53 Å². The molecule has 1 aliphatic heterocycles. The van der Waals surface area contributed by atoms with E-state index in [9.17, 15) is 4.79 Å². The Balaban J connectivity index is 1.82. The van der Waals surface area contributed by atoms with E-state index >= 15 is 0 Å². The van der Waals surface area contributed by atoms with Crippen LogP contribution in [0, 0.1) is 0 Å². The Hall–Kier alpha value is -1.10. The van der Waals surface area contributed by atoms with Gasteiger partial charge in [0.2, 0.25) is 0 Å². The summed E-state index contributed by atoms with van der Waals surface area (Å²) in [7, 11) is 2.05. The zero-order valence-electron chi connectivity index (χ0n) is 10.4. The van der Waals surface area contributed by atoms with Crippen LogP contribution in [-0.2, 0) is 4.74 Å². The number of ether oxygens (including phenoxy) is 1. The van der Waals surface area contributed by atoms with Crippen molar-refractivity contribution >= 4 is 17.5 Å². The summed E-state index contributed by atoms with van der Waals surface area (Å²) in [5.41, 5.74) is 0.614. The van der Waals surface area contributed by atoms with E-state index in [4.69, 9.17) is 16.3 Å². The van der Waals surface area contributed by atoms with Crippen molar-refractivity contribution in [1.29, 1.82) is 0 Å². The Morgan fingerprint density at radius 3 is 2.89 bits per heavy atom. The zero-order valence-corrected chi connectivity index (χ0v) is 11.1. The number of benzene rings is 1. The topological polar surface area (TPSA) is 41.6 Å². The standard InChI is InChI=1S/C13H17ClN2O2/c1-16-6-7-18-12(9-16)8-15-13(17)10-2-4-11(14)5-3-10/h2-5,12H,6-9H2,1H3,(H,15,17). The smallest absolute Gasteiger partial charge is 0.251 e. The number of halogens is 1. The second-order valence-electron chi connectivity index (χ2n) is 4.47. The predicted octanol–water partition coefficient (Wildman–Crippen LogP) is 1.40. The van der Waals surface area contributed by atoms with Gasteiger partial charge in [-0.2, -0.15) is 0 Å². The molecule has 1 atom stereocenters. The molecule has 2 rings (SSSR count). The third-order valence-corrected chi connectivity index (χ3v) is 3.19. The maximum atomic E-state index is 11.9. The van der Waals surface area contributed by atoms with E-state index in [1.54, 1.807) is 24.3 Å². The Labute approximate surface area is 112 Å². The van der Waals surface area contributed by atoms with Crippen molar-refractivity contribution in [2.24, 2.45) is 0 Å². The number of morpholine rings is 1. The van der Waals surface area contributed by atoms with Gasteiger partial charge in [0.1, 0.15) is 0 Å². The van der Waals surface area contributed by atoms with E-state index in [1.165, 1.54) is 0 Å². The molecule has 1 amide bonds. The molecule has 0 aromatic heterocycles. The van der Waals surface area contributed by atoms with Gasteiger partial charge in [-0.3, -0.25) is 4.79 Å². The Bertz CT molecular complexity index is 408. The molecule has 0 saturated carbocycles. The van der Waals surface area contributed by atoms with Crippen LogP contribution in [0.3, 0.4) is 0 Å². The number of carbonyl (C=O) groups excluding carboxylic acids is 1. The summed E-state index contributed by atoms with van der Waals surface area (Å²) in [6.07, 6.45) is 0.0694. The quantitative estimate of drug-likeness (QED) is 0.901. The molecule has 0 spiro atoms. The molecular formula is C13H17ClN2O2. The molecule has 4 nitrogen and oxygen atoms in total. The van der Waals surface area contributed by atoms with E-state index in [0.717, 1.165) is 19.7 Å². The van der Waals surface area contributed by atoms with Crippen LogP contribution in [0.25, 0.3) is 0 Å². The van der Waals surface area contributed by atoms with Gasteiger partial charge in [-0.15, -0.1) is 0 Å². The van der Waals surface area contributed by atoms with E-state index in [-0.39, 0.29) is 12.0 Å². The van der Waals surface area contributed by atoms with E-state index in [2.05, 4.69) is 17.3 Å². The molecule has 1 fully saturated rings.